The van der Waals surface area contributed by atoms with Gasteiger partial charge in [0.05, 0.1) is 12.1 Å². The van der Waals surface area contributed by atoms with E-state index in [1.807, 2.05) is 0 Å². The van der Waals surface area contributed by atoms with Gasteiger partial charge in [0.2, 0.25) is 0 Å². The Morgan fingerprint density at radius 1 is 1.32 bits per heavy atom. The molecule has 3 heteroatoms. The SMILES string of the molecule is COC(C1CC1)C1C(F)CC2(C(C)(C)C)CCCN12. The lowest BCUT2D eigenvalue weighted by atomic mass is 9.71. The minimum atomic E-state index is -0.718. The number of rotatable bonds is 3. The van der Waals surface area contributed by atoms with E-state index in [1.165, 1.54) is 19.3 Å². The molecule has 3 fully saturated rings. The van der Waals surface area contributed by atoms with Crippen molar-refractivity contribution in [1.82, 2.24) is 4.90 Å². The molecule has 4 atom stereocenters. The summed E-state index contributed by atoms with van der Waals surface area (Å²) in [4.78, 5) is 2.49. The van der Waals surface area contributed by atoms with Crippen molar-refractivity contribution in [3.63, 3.8) is 0 Å². The summed E-state index contributed by atoms with van der Waals surface area (Å²) in [6.45, 7) is 7.88. The van der Waals surface area contributed by atoms with Crippen LogP contribution >= 0.6 is 0 Å². The molecule has 0 aromatic rings. The Labute approximate surface area is 116 Å². The van der Waals surface area contributed by atoms with Gasteiger partial charge in [-0.3, -0.25) is 4.90 Å². The standard InChI is InChI=1S/C16H28FNO/c1-15(2,3)16-8-5-9-18(16)13(12(17)10-16)14(19-4)11-6-7-11/h11-14H,5-10H2,1-4H3. The first-order valence-corrected chi connectivity index (χ1v) is 7.84. The topological polar surface area (TPSA) is 12.5 Å². The first kappa shape index (κ1) is 13.8. The van der Waals surface area contributed by atoms with Crippen LogP contribution in [0.25, 0.3) is 0 Å². The van der Waals surface area contributed by atoms with E-state index in [-0.39, 0.29) is 23.1 Å². The largest absolute Gasteiger partial charge is 0.379 e. The van der Waals surface area contributed by atoms with Crippen molar-refractivity contribution < 1.29 is 9.13 Å². The lowest BCUT2D eigenvalue weighted by molar-refractivity contribution is -0.0346. The zero-order valence-electron chi connectivity index (χ0n) is 12.8. The molecule has 0 aromatic carbocycles. The molecule has 4 unspecified atom stereocenters. The molecule has 110 valence electrons. The smallest absolute Gasteiger partial charge is 0.120 e. The molecule has 0 amide bonds. The van der Waals surface area contributed by atoms with Gasteiger partial charge >= 0.3 is 0 Å². The minimum Gasteiger partial charge on any atom is -0.379 e. The van der Waals surface area contributed by atoms with Gasteiger partial charge in [-0.05, 0) is 50.0 Å². The Morgan fingerprint density at radius 2 is 2.00 bits per heavy atom. The van der Waals surface area contributed by atoms with Gasteiger partial charge < -0.3 is 4.74 Å². The molecule has 1 saturated carbocycles. The number of methoxy groups -OCH3 is 1. The van der Waals surface area contributed by atoms with E-state index in [2.05, 4.69) is 25.7 Å². The van der Waals surface area contributed by atoms with Crippen molar-refractivity contribution in [2.24, 2.45) is 11.3 Å². The van der Waals surface area contributed by atoms with E-state index >= 15 is 0 Å². The average Bonchev–Trinajstić information content (AvgIpc) is 2.99. The summed E-state index contributed by atoms with van der Waals surface area (Å²) in [6, 6.07) is -0.000718. The lowest BCUT2D eigenvalue weighted by Crippen LogP contribution is -2.54. The molecule has 3 aliphatic rings. The van der Waals surface area contributed by atoms with E-state index in [1.54, 1.807) is 7.11 Å². The molecule has 0 bridgehead atoms. The molecule has 2 aliphatic heterocycles. The van der Waals surface area contributed by atoms with Gasteiger partial charge in [0, 0.05) is 12.6 Å². The minimum absolute atomic E-state index is 0.000718. The molecule has 0 radical (unpaired) electrons. The van der Waals surface area contributed by atoms with Crippen LogP contribution in [-0.4, -0.2) is 42.4 Å². The summed E-state index contributed by atoms with van der Waals surface area (Å²) < 4.78 is 20.5. The predicted molar refractivity (Wildman–Crippen MR) is 74.9 cm³/mol. The van der Waals surface area contributed by atoms with Crippen molar-refractivity contribution in [3.8, 4) is 0 Å². The van der Waals surface area contributed by atoms with Crippen molar-refractivity contribution in [2.45, 2.75) is 76.7 Å². The number of alkyl halides is 1. The van der Waals surface area contributed by atoms with E-state index < -0.39 is 6.17 Å². The van der Waals surface area contributed by atoms with Crippen LogP contribution in [0, 0.1) is 11.3 Å². The Bertz CT molecular complexity index is 349. The highest BCUT2D eigenvalue weighted by atomic mass is 19.1. The summed E-state index contributed by atoms with van der Waals surface area (Å²) in [5.41, 5.74) is 0.202. The number of halogens is 1. The van der Waals surface area contributed by atoms with Gasteiger partial charge in [-0.1, -0.05) is 20.8 Å². The van der Waals surface area contributed by atoms with Gasteiger partial charge in [-0.2, -0.15) is 0 Å². The maximum Gasteiger partial charge on any atom is 0.120 e. The average molecular weight is 269 g/mol. The molecule has 3 rings (SSSR count). The Hall–Kier alpha value is -0.150. The molecule has 2 heterocycles. The van der Waals surface area contributed by atoms with E-state index in [9.17, 15) is 4.39 Å². The Kier molecular flexibility index (Phi) is 3.22. The van der Waals surface area contributed by atoms with Gasteiger partial charge in [0.15, 0.2) is 0 Å². The Morgan fingerprint density at radius 3 is 2.53 bits per heavy atom. The van der Waals surface area contributed by atoms with Gasteiger partial charge in [0.25, 0.3) is 0 Å². The molecular formula is C16H28FNO. The van der Waals surface area contributed by atoms with Crippen LogP contribution in [0.5, 0.6) is 0 Å². The fourth-order valence-corrected chi connectivity index (χ4v) is 4.72. The third-order valence-electron chi connectivity index (χ3n) is 5.89. The highest BCUT2D eigenvalue weighted by Gasteiger charge is 2.62. The van der Waals surface area contributed by atoms with Gasteiger partial charge in [-0.25, -0.2) is 4.39 Å². The van der Waals surface area contributed by atoms with Crippen molar-refractivity contribution in [3.05, 3.63) is 0 Å². The molecule has 19 heavy (non-hydrogen) atoms. The summed E-state index contributed by atoms with van der Waals surface area (Å²) in [6.07, 6.45) is 4.89. The van der Waals surface area contributed by atoms with Gasteiger partial charge in [-0.15, -0.1) is 0 Å². The number of ether oxygens (including phenoxy) is 1. The van der Waals surface area contributed by atoms with E-state index in [0.717, 1.165) is 13.0 Å². The van der Waals surface area contributed by atoms with Crippen LogP contribution in [0.3, 0.4) is 0 Å². The zero-order valence-corrected chi connectivity index (χ0v) is 12.8. The number of hydrogen-bond acceptors (Lipinski definition) is 2. The maximum absolute atomic E-state index is 14.8. The molecule has 0 N–H and O–H groups in total. The van der Waals surface area contributed by atoms with Gasteiger partial charge in [0.1, 0.15) is 6.17 Å². The lowest BCUT2D eigenvalue weighted by Gasteiger charge is -2.46. The van der Waals surface area contributed by atoms with Crippen molar-refractivity contribution in [2.75, 3.05) is 13.7 Å². The van der Waals surface area contributed by atoms with Crippen LogP contribution in [0.2, 0.25) is 0 Å². The van der Waals surface area contributed by atoms with Crippen LogP contribution < -0.4 is 0 Å². The maximum atomic E-state index is 14.8. The number of hydrogen-bond donors (Lipinski definition) is 0. The monoisotopic (exact) mass is 269 g/mol. The normalized spacial score (nSPS) is 41.5. The van der Waals surface area contributed by atoms with Crippen LogP contribution in [0.4, 0.5) is 4.39 Å². The summed E-state index contributed by atoms with van der Waals surface area (Å²) in [5, 5.41) is 0. The molecule has 1 aliphatic carbocycles. The summed E-state index contributed by atoms with van der Waals surface area (Å²) >= 11 is 0. The fraction of sp³-hybridized carbons (Fsp3) is 1.00. The second-order valence-electron chi connectivity index (χ2n) is 7.83. The highest BCUT2D eigenvalue weighted by molar-refractivity contribution is 5.16. The van der Waals surface area contributed by atoms with E-state index in [0.29, 0.717) is 12.3 Å². The first-order valence-electron chi connectivity index (χ1n) is 7.84. The van der Waals surface area contributed by atoms with Crippen molar-refractivity contribution >= 4 is 0 Å². The second-order valence-corrected chi connectivity index (χ2v) is 7.83. The van der Waals surface area contributed by atoms with E-state index in [4.69, 9.17) is 4.74 Å². The molecule has 0 aromatic heterocycles. The number of nitrogens with zero attached hydrogens (tertiary/aromatic N) is 1. The van der Waals surface area contributed by atoms with Crippen LogP contribution in [-0.2, 0) is 4.74 Å². The quantitative estimate of drug-likeness (QED) is 0.778. The van der Waals surface area contributed by atoms with Crippen molar-refractivity contribution in [1.29, 1.82) is 0 Å². The third kappa shape index (κ3) is 1.96. The predicted octanol–water partition coefficient (Wildman–Crippen LogP) is 3.40. The van der Waals surface area contributed by atoms with Crippen LogP contribution in [0.1, 0.15) is 52.9 Å². The summed E-state index contributed by atoms with van der Waals surface area (Å²) in [5.74, 6) is 0.601. The molecule has 2 nitrogen and oxygen atoms in total. The summed E-state index contributed by atoms with van der Waals surface area (Å²) in [7, 11) is 1.77. The Balaban J connectivity index is 1.90. The third-order valence-corrected chi connectivity index (χ3v) is 5.89. The van der Waals surface area contributed by atoms with Crippen LogP contribution in [0.15, 0.2) is 0 Å². The first-order chi connectivity index (χ1) is 8.90. The fourth-order valence-electron chi connectivity index (χ4n) is 4.72. The molecule has 2 saturated heterocycles. The highest BCUT2D eigenvalue weighted by Crippen LogP contribution is 2.55. The molecule has 0 spiro atoms. The second kappa shape index (κ2) is 4.42. The zero-order chi connectivity index (χ0) is 13.8. The molecular weight excluding hydrogens is 241 g/mol. The number of fused-ring (bicyclic) bond motifs is 1.